The number of aryl methyl sites for hydroxylation is 1. The molecule has 0 aliphatic heterocycles. The summed E-state index contributed by atoms with van der Waals surface area (Å²) < 4.78 is 21.3. The molecule has 0 fully saturated rings. The first-order valence-electron chi connectivity index (χ1n) is 9.02. The fourth-order valence-corrected chi connectivity index (χ4v) is 3.63. The maximum absolute atomic E-state index is 14.1. The molecule has 0 unspecified atom stereocenters. The van der Waals surface area contributed by atoms with E-state index in [9.17, 15) is 14.5 Å². The third kappa shape index (κ3) is 3.00. The van der Waals surface area contributed by atoms with Crippen molar-refractivity contribution >= 4 is 22.5 Å². The van der Waals surface area contributed by atoms with Gasteiger partial charge in [0.15, 0.2) is 0 Å². The number of nitro benzene ring substituents is 1. The van der Waals surface area contributed by atoms with Gasteiger partial charge in [0.1, 0.15) is 5.75 Å². The third-order valence-electron chi connectivity index (χ3n) is 5.04. The van der Waals surface area contributed by atoms with Gasteiger partial charge in [-0.25, -0.2) is 9.97 Å². The van der Waals surface area contributed by atoms with Gasteiger partial charge in [0.25, 0.3) is 0 Å². The minimum Gasteiger partial charge on any atom is -0.496 e. The number of nitrogens with zero attached hydrogens (tertiary/aromatic N) is 4. The molecule has 2 N–H and O–H groups in total. The number of hydrogen-bond acceptors (Lipinski definition) is 6. The highest BCUT2D eigenvalue weighted by molar-refractivity contribution is 5.97. The molecule has 152 valence electrons. The van der Waals surface area contributed by atoms with Crippen molar-refractivity contribution in [3.8, 4) is 28.3 Å². The SMILES string of the molecule is COc1cc(F)c([N+](=O)[O-])cc1-c1nc(N)nc(-c2cn(C)c3ccccc23)c1C. The van der Waals surface area contributed by atoms with E-state index in [-0.39, 0.29) is 17.3 Å². The van der Waals surface area contributed by atoms with Gasteiger partial charge >= 0.3 is 5.69 Å². The zero-order chi connectivity index (χ0) is 21.6. The standard InChI is InChI=1S/C21H18FN5O3/c1-11-19(13-8-17(27(28)29)15(22)9-18(13)30-3)24-21(23)25-20(11)14-10-26(2)16-7-5-4-6-12(14)16/h4-10H,1-3H3,(H2,23,24,25). The number of nitrogens with two attached hydrogens (primary N) is 1. The minimum atomic E-state index is -0.991. The van der Waals surface area contributed by atoms with Crippen LogP contribution in [0.5, 0.6) is 5.75 Å². The number of anilines is 1. The Bertz CT molecular complexity index is 1320. The number of aromatic nitrogens is 3. The molecular formula is C21H18FN5O3. The molecule has 8 nitrogen and oxygen atoms in total. The Kier molecular flexibility index (Phi) is 4.57. The molecule has 2 aromatic heterocycles. The first-order chi connectivity index (χ1) is 14.3. The fraction of sp³-hybridized carbons (Fsp3) is 0.143. The van der Waals surface area contributed by atoms with Crippen LogP contribution in [0.25, 0.3) is 33.4 Å². The van der Waals surface area contributed by atoms with Crippen LogP contribution < -0.4 is 10.5 Å². The summed E-state index contributed by atoms with van der Waals surface area (Å²) in [4.78, 5) is 19.2. The van der Waals surface area contributed by atoms with Crippen LogP contribution in [-0.2, 0) is 7.05 Å². The first kappa shape index (κ1) is 19.3. The van der Waals surface area contributed by atoms with Crippen molar-refractivity contribution in [2.24, 2.45) is 7.05 Å². The number of nitrogen functional groups attached to an aromatic ring is 1. The van der Waals surface area contributed by atoms with Crippen molar-refractivity contribution in [2.45, 2.75) is 6.92 Å². The zero-order valence-corrected chi connectivity index (χ0v) is 16.5. The molecule has 0 aliphatic carbocycles. The van der Waals surface area contributed by atoms with E-state index in [0.717, 1.165) is 28.6 Å². The second-order valence-electron chi connectivity index (χ2n) is 6.84. The Balaban J connectivity index is 2.02. The lowest BCUT2D eigenvalue weighted by Gasteiger charge is -2.14. The summed E-state index contributed by atoms with van der Waals surface area (Å²) in [7, 11) is 3.29. The highest BCUT2D eigenvalue weighted by Gasteiger charge is 2.24. The minimum absolute atomic E-state index is 0.00688. The molecule has 0 bridgehead atoms. The van der Waals surface area contributed by atoms with Gasteiger partial charge in [-0.15, -0.1) is 0 Å². The van der Waals surface area contributed by atoms with E-state index in [4.69, 9.17) is 10.5 Å². The van der Waals surface area contributed by atoms with Crippen LogP contribution in [0.3, 0.4) is 0 Å². The molecule has 2 heterocycles. The average molecular weight is 407 g/mol. The van der Waals surface area contributed by atoms with Crippen molar-refractivity contribution < 1.29 is 14.1 Å². The van der Waals surface area contributed by atoms with E-state index in [0.29, 0.717) is 17.0 Å². The second kappa shape index (κ2) is 7.11. The Labute approximate surface area is 170 Å². The summed E-state index contributed by atoms with van der Waals surface area (Å²) in [5, 5.41) is 12.2. The number of benzene rings is 2. The number of halogens is 1. The van der Waals surface area contributed by atoms with Crippen molar-refractivity contribution in [1.82, 2.24) is 14.5 Å². The van der Waals surface area contributed by atoms with E-state index in [1.54, 1.807) is 6.92 Å². The maximum Gasteiger partial charge on any atom is 0.305 e. The molecular weight excluding hydrogens is 389 g/mol. The lowest BCUT2D eigenvalue weighted by molar-refractivity contribution is -0.387. The lowest BCUT2D eigenvalue weighted by atomic mass is 9.99. The summed E-state index contributed by atoms with van der Waals surface area (Å²) in [5.41, 5.74) is 9.01. The van der Waals surface area contributed by atoms with Gasteiger partial charge < -0.3 is 15.0 Å². The normalized spacial score (nSPS) is 11.1. The van der Waals surface area contributed by atoms with Crippen LogP contribution >= 0.6 is 0 Å². The number of fused-ring (bicyclic) bond motifs is 1. The molecule has 0 spiro atoms. The third-order valence-corrected chi connectivity index (χ3v) is 5.04. The number of nitro groups is 1. The van der Waals surface area contributed by atoms with Crippen molar-refractivity contribution in [3.63, 3.8) is 0 Å². The molecule has 2 aromatic carbocycles. The number of para-hydroxylation sites is 1. The molecule has 4 rings (SSSR count). The molecule has 0 atom stereocenters. The predicted molar refractivity (Wildman–Crippen MR) is 112 cm³/mol. The predicted octanol–water partition coefficient (Wildman–Crippen LogP) is 4.25. The second-order valence-corrected chi connectivity index (χ2v) is 6.84. The highest BCUT2D eigenvalue weighted by atomic mass is 19.1. The lowest BCUT2D eigenvalue weighted by Crippen LogP contribution is -2.04. The molecule has 9 heteroatoms. The molecule has 0 aliphatic rings. The maximum atomic E-state index is 14.1. The van der Waals surface area contributed by atoms with Gasteiger partial charge in [-0.05, 0) is 13.0 Å². The van der Waals surface area contributed by atoms with Crippen LogP contribution in [0, 0.1) is 22.9 Å². The average Bonchev–Trinajstić information content (AvgIpc) is 3.06. The van der Waals surface area contributed by atoms with Gasteiger partial charge in [0.2, 0.25) is 11.8 Å². The van der Waals surface area contributed by atoms with Crippen molar-refractivity contribution in [2.75, 3.05) is 12.8 Å². The fourth-order valence-electron chi connectivity index (χ4n) is 3.63. The smallest absolute Gasteiger partial charge is 0.305 e. The Morgan fingerprint density at radius 1 is 1.17 bits per heavy atom. The largest absolute Gasteiger partial charge is 0.496 e. The van der Waals surface area contributed by atoms with Gasteiger partial charge in [-0.2, -0.15) is 4.39 Å². The van der Waals surface area contributed by atoms with Crippen LogP contribution in [0.15, 0.2) is 42.6 Å². The van der Waals surface area contributed by atoms with E-state index >= 15 is 0 Å². The Hall–Kier alpha value is -4.01. The topological polar surface area (TPSA) is 109 Å². The van der Waals surface area contributed by atoms with Crippen LogP contribution in [-0.4, -0.2) is 26.6 Å². The molecule has 0 radical (unpaired) electrons. The number of methoxy groups -OCH3 is 1. The molecule has 0 saturated heterocycles. The van der Waals surface area contributed by atoms with Gasteiger partial charge in [-0.3, -0.25) is 10.1 Å². The van der Waals surface area contributed by atoms with Crippen molar-refractivity contribution in [3.05, 3.63) is 64.1 Å². The summed E-state index contributed by atoms with van der Waals surface area (Å²) in [5.74, 6) is -0.884. The summed E-state index contributed by atoms with van der Waals surface area (Å²) >= 11 is 0. The summed E-state index contributed by atoms with van der Waals surface area (Å²) in [6.45, 7) is 1.79. The van der Waals surface area contributed by atoms with Crippen molar-refractivity contribution in [1.29, 1.82) is 0 Å². The van der Waals surface area contributed by atoms with E-state index in [1.165, 1.54) is 7.11 Å². The Morgan fingerprint density at radius 3 is 2.50 bits per heavy atom. The molecule has 0 saturated carbocycles. The van der Waals surface area contributed by atoms with Crippen LogP contribution in [0.2, 0.25) is 0 Å². The first-order valence-corrected chi connectivity index (χ1v) is 9.02. The zero-order valence-electron chi connectivity index (χ0n) is 16.5. The number of rotatable bonds is 4. The van der Waals surface area contributed by atoms with E-state index in [1.807, 2.05) is 42.1 Å². The quantitative estimate of drug-likeness (QED) is 0.400. The van der Waals surface area contributed by atoms with Crippen LogP contribution in [0.4, 0.5) is 16.0 Å². The van der Waals surface area contributed by atoms with Gasteiger partial charge in [0, 0.05) is 53.0 Å². The van der Waals surface area contributed by atoms with Crippen LogP contribution in [0.1, 0.15) is 5.56 Å². The van der Waals surface area contributed by atoms with E-state index < -0.39 is 16.4 Å². The van der Waals surface area contributed by atoms with Gasteiger partial charge in [-0.1, -0.05) is 18.2 Å². The highest BCUT2D eigenvalue weighted by Crippen LogP contribution is 2.39. The number of ether oxygens (including phenoxy) is 1. The number of hydrogen-bond donors (Lipinski definition) is 1. The summed E-state index contributed by atoms with van der Waals surface area (Å²) in [6.07, 6.45) is 1.94. The monoisotopic (exact) mass is 407 g/mol. The molecule has 30 heavy (non-hydrogen) atoms. The molecule has 0 amide bonds. The van der Waals surface area contributed by atoms with E-state index in [2.05, 4.69) is 9.97 Å². The van der Waals surface area contributed by atoms with Gasteiger partial charge in [0.05, 0.1) is 23.4 Å². The Morgan fingerprint density at radius 2 is 1.83 bits per heavy atom. The molecule has 4 aromatic rings. The summed E-state index contributed by atoms with van der Waals surface area (Å²) in [6, 6.07) is 9.93.